The van der Waals surface area contributed by atoms with Gasteiger partial charge in [-0.3, -0.25) is 9.59 Å². The second-order valence-corrected chi connectivity index (χ2v) is 7.29. The predicted molar refractivity (Wildman–Crippen MR) is 104 cm³/mol. The zero-order valence-electron chi connectivity index (χ0n) is 16.7. The fourth-order valence-corrected chi connectivity index (χ4v) is 2.88. The molecule has 1 saturated heterocycles. The summed E-state index contributed by atoms with van der Waals surface area (Å²) in [5, 5.41) is 29.5. The summed E-state index contributed by atoms with van der Waals surface area (Å²) < 4.78 is 4.97. The van der Waals surface area contributed by atoms with Gasteiger partial charge in [0.15, 0.2) is 5.78 Å². The third-order valence-electron chi connectivity index (χ3n) is 4.90. The van der Waals surface area contributed by atoms with Crippen molar-refractivity contribution in [2.24, 2.45) is 11.8 Å². The van der Waals surface area contributed by atoms with Gasteiger partial charge in [0.2, 0.25) is 0 Å². The molecule has 0 radical (unpaired) electrons. The predicted octanol–water partition coefficient (Wildman–Crippen LogP) is 3.09. The highest BCUT2D eigenvalue weighted by Crippen LogP contribution is 2.23. The highest BCUT2D eigenvalue weighted by molar-refractivity contribution is 6.19. The quantitative estimate of drug-likeness (QED) is 0.171. The Hall–Kier alpha value is -2.41. The first-order valence-electron chi connectivity index (χ1n) is 9.48. The number of esters is 1. The van der Waals surface area contributed by atoms with Gasteiger partial charge in [0.05, 0.1) is 6.10 Å². The molecule has 1 aliphatic heterocycles. The Balaban J connectivity index is 2.63. The smallest absolute Gasteiger partial charge is 0.345 e. The van der Waals surface area contributed by atoms with E-state index >= 15 is 0 Å². The van der Waals surface area contributed by atoms with Crippen LogP contribution in [0.25, 0.3) is 0 Å². The van der Waals surface area contributed by atoms with Gasteiger partial charge < -0.3 is 20.1 Å². The normalized spacial score (nSPS) is 22.5. The lowest BCUT2D eigenvalue weighted by Crippen LogP contribution is -2.31. The van der Waals surface area contributed by atoms with Crippen LogP contribution in [0.5, 0.6) is 0 Å². The number of aliphatic hydroxyl groups is 2. The molecule has 0 aliphatic carbocycles. The Morgan fingerprint density at radius 2 is 1.96 bits per heavy atom. The van der Waals surface area contributed by atoms with E-state index in [0.717, 1.165) is 0 Å². The van der Waals surface area contributed by atoms with Crippen LogP contribution in [0.2, 0.25) is 0 Å². The number of rotatable bonds is 10. The maximum atomic E-state index is 11.9. The minimum Gasteiger partial charge on any atom is -0.511 e. The fraction of sp³-hybridized carbons (Fsp3) is 0.571. The highest BCUT2D eigenvalue weighted by Gasteiger charge is 2.32. The first kappa shape index (κ1) is 23.6. The third-order valence-corrected chi connectivity index (χ3v) is 4.90. The molecule has 4 atom stereocenters. The van der Waals surface area contributed by atoms with Crippen LogP contribution in [0, 0.1) is 11.8 Å². The van der Waals surface area contributed by atoms with E-state index in [0.29, 0.717) is 24.8 Å². The third kappa shape index (κ3) is 6.64. The van der Waals surface area contributed by atoms with Gasteiger partial charge in [-0.15, -0.1) is 0 Å². The Labute approximate surface area is 165 Å². The van der Waals surface area contributed by atoms with Gasteiger partial charge in [-0.25, -0.2) is 4.79 Å². The highest BCUT2D eigenvalue weighted by atomic mass is 16.5. The lowest BCUT2D eigenvalue weighted by molar-refractivity contribution is -0.150. The van der Waals surface area contributed by atoms with Crippen molar-refractivity contribution in [2.45, 2.75) is 65.1 Å². The van der Waals surface area contributed by atoms with Crippen LogP contribution >= 0.6 is 0 Å². The number of Topliss-reactive ketones (excluding diaryl/α,β-unsaturated/α-hetero) is 1. The van der Waals surface area contributed by atoms with Crippen molar-refractivity contribution in [1.82, 2.24) is 0 Å². The number of hydrogen-bond acceptors (Lipinski definition) is 6. The number of carbonyl (C=O) groups is 3. The van der Waals surface area contributed by atoms with E-state index in [1.807, 2.05) is 6.92 Å². The summed E-state index contributed by atoms with van der Waals surface area (Å²) in [6.07, 6.45) is 3.05. The summed E-state index contributed by atoms with van der Waals surface area (Å²) in [5.41, 5.74) is 0.389. The van der Waals surface area contributed by atoms with E-state index in [1.165, 1.54) is 6.08 Å². The molecule has 1 fully saturated rings. The number of hydrogen-bond donors (Lipinski definition) is 3. The minimum atomic E-state index is -1.10. The summed E-state index contributed by atoms with van der Waals surface area (Å²) in [7, 11) is 0. The van der Waals surface area contributed by atoms with Crippen LogP contribution in [-0.2, 0) is 19.1 Å². The second-order valence-electron chi connectivity index (χ2n) is 7.29. The topological polar surface area (TPSA) is 121 Å². The molecule has 28 heavy (non-hydrogen) atoms. The van der Waals surface area contributed by atoms with E-state index < -0.39 is 35.8 Å². The average Bonchev–Trinajstić information content (AvgIpc) is 2.61. The van der Waals surface area contributed by atoms with Crippen molar-refractivity contribution in [3.05, 3.63) is 35.6 Å². The standard InChI is InChI=1S/C21H30O7/c1-5-13(3)19(24)15(20(25)26)8-6-7-12(2)9-10-16(22)18-17(23)11-14(4)28-21(18)27/h6,8,13-15,19,22,24H,2,5,7,9-11H2,1,3-4H3,(H,25,26)/b8-6+,18-16-/t13-,14+,15+,19+/m0/s1. The molecule has 0 bridgehead atoms. The molecule has 156 valence electrons. The van der Waals surface area contributed by atoms with Crippen molar-refractivity contribution in [3.8, 4) is 0 Å². The van der Waals surface area contributed by atoms with Crippen molar-refractivity contribution in [3.63, 3.8) is 0 Å². The maximum absolute atomic E-state index is 11.9. The molecule has 0 aromatic carbocycles. The molecule has 7 heteroatoms. The number of carboxylic acids is 1. The molecule has 7 nitrogen and oxygen atoms in total. The zero-order chi connectivity index (χ0) is 21.4. The fourth-order valence-electron chi connectivity index (χ4n) is 2.88. The number of ketones is 1. The number of ether oxygens (including phenoxy) is 1. The Morgan fingerprint density at radius 1 is 1.32 bits per heavy atom. The monoisotopic (exact) mass is 394 g/mol. The molecule has 0 aromatic heterocycles. The molecule has 1 aliphatic rings. The lowest BCUT2D eigenvalue weighted by Gasteiger charge is -2.21. The van der Waals surface area contributed by atoms with Crippen LogP contribution in [0.3, 0.4) is 0 Å². The number of carbonyl (C=O) groups excluding carboxylic acids is 2. The molecule has 0 unspecified atom stereocenters. The Morgan fingerprint density at radius 3 is 2.50 bits per heavy atom. The number of cyclic esters (lactones) is 1. The van der Waals surface area contributed by atoms with Crippen LogP contribution < -0.4 is 0 Å². The summed E-state index contributed by atoms with van der Waals surface area (Å²) in [5.74, 6) is -3.81. The average molecular weight is 394 g/mol. The first-order chi connectivity index (χ1) is 13.1. The zero-order valence-corrected chi connectivity index (χ0v) is 16.7. The van der Waals surface area contributed by atoms with E-state index in [2.05, 4.69) is 6.58 Å². The van der Waals surface area contributed by atoms with Crippen LogP contribution in [0.15, 0.2) is 35.6 Å². The molecule has 1 rings (SSSR count). The molecule has 3 N–H and O–H groups in total. The summed E-state index contributed by atoms with van der Waals surface area (Å²) in [6.45, 7) is 9.15. The van der Waals surface area contributed by atoms with E-state index in [4.69, 9.17) is 4.74 Å². The van der Waals surface area contributed by atoms with Crippen LogP contribution in [-0.4, -0.2) is 45.2 Å². The molecular formula is C21H30O7. The second kappa shape index (κ2) is 10.8. The number of allylic oxidation sites excluding steroid dienone is 3. The number of aliphatic hydroxyl groups excluding tert-OH is 2. The van der Waals surface area contributed by atoms with Crippen LogP contribution in [0.1, 0.15) is 52.9 Å². The Bertz CT molecular complexity index is 654. The molecule has 0 spiro atoms. The van der Waals surface area contributed by atoms with Gasteiger partial charge in [-0.1, -0.05) is 44.6 Å². The van der Waals surface area contributed by atoms with Gasteiger partial charge in [-0.05, 0) is 25.7 Å². The molecule has 0 aromatic rings. The summed E-state index contributed by atoms with van der Waals surface area (Å²) >= 11 is 0. The van der Waals surface area contributed by atoms with Gasteiger partial charge in [0.25, 0.3) is 0 Å². The molecule has 1 heterocycles. The van der Waals surface area contributed by atoms with Gasteiger partial charge >= 0.3 is 11.9 Å². The van der Waals surface area contributed by atoms with Crippen molar-refractivity contribution in [2.75, 3.05) is 0 Å². The number of carboxylic acid groups (broad SMARTS) is 1. The van der Waals surface area contributed by atoms with Gasteiger partial charge in [0.1, 0.15) is 23.4 Å². The summed E-state index contributed by atoms with van der Waals surface area (Å²) in [4.78, 5) is 35.1. The van der Waals surface area contributed by atoms with E-state index in [9.17, 15) is 29.7 Å². The molecule has 0 saturated carbocycles. The van der Waals surface area contributed by atoms with Crippen LogP contribution in [0.4, 0.5) is 0 Å². The SMILES string of the molecule is C=C(C/C=C/[C@@H](C(=O)O)[C@H](O)[C@@H](C)CC)CC/C(O)=C1\C(=O)C[C@@H](C)OC1=O. The maximum Gasteiger partial charge on any atom is 0.345 e. The van der Waals surface area contributed by atoms with Gasteiger partial charge in [-0.2, -0.15) is 0 Å². The largest absolute Gasteiger partial charge is 0.511 e. The van der Waals surface area contributed by atoms with Crippen molar-refractivity contribution < 1.29 is 34.4 Å². The number of aliphatic carboxylic acids is 1. The Kier molecular flexibility index (Phi) is 9.12. The minimum absolute atomic E-state index is 0.0455. The van der Waals surface area contributed by atoms with Crippen molar-refractivity contribution >= 4 is 17.7 Å². The van der Waals surface area contributed by atoms with Crippen molar-refractivity contribution in [1.29, 1.82) is 0 Å². The van der Waals surface area contributed by atoms with Gasteiger partial charge in [0, 0.05) is 12.8 Å². The molecule has 0 amide bonds. The lowest BCUT2D eigenvalue weighted by atomic mass is 9.89. The van der Waals surface area contributed by atoms with E-state index in [-0.39, 0.29) is 30.1 Å². The first-order valence-corrected chi connectivity index (χ1v) is 9.48. The summed E-state index contributed by atoms with van der Waals surface area (Å²) in [6, 6.07) is 0. The van der Waals surface area contributed by atoms with E-state index in [1.54, 1.807) is 19.9 Å². The molecular weight excluding hydrogens is 364 g/mol.